The van der Waals surface area contributed by atoms with Crippen LogP contribution < -0.4 is 5.32 Å². The molecule has 0 unspecified atom stereocenters. The highest BCUT2D eigenvalue weighted by Crippen LogP contribution is 2.19. The van der Waals surface area contributed by atoms with Gasteiger partial charge in [0, 0.05) is 12.1 Å². The summed E-state index contributed by atoms with van der Waals surface area (Å²) < 4.78 is 26.6. The van der Waals surface area contributed by atoms with Crippen molar-refractivity contribution in [3.63, 3.8) is 0 Å². The zero-order valence-electron chi connectivity index (χ0n) is 10.4. The second-order valence-electron chi connectivity index (χ2n) is 4.89. The van der Waals surface area contributed by atoms with Gasteiger partial charge in [-0.05, 0) is 31.4 Å². The maximum Gasteiger partial charge on any atom is 0.254 e. The highest BCUT2D eigenvalue weighted by molar-refractivity contribution is 5.94. The maximum absolute atomic E-state index is 13.5. The van der Waals surface area contributed by atoms with Gasteiger partial charge in [-0.25, -0.2) is 8.78 Å². The maximum atomic E-state index is 13.5. The molecule has 0 saturated heterocycles. The Labute approximate surface area is 105 Å². The van der Waals surface area contributed by atoms with Crippen LogP contribution in [0.1, 0.15) is 48.0 Å². The molecule has 1 aromatic carbocycles. The first-order valence-electron chi connectivity index (χ1n) is 6.34. The number of benzene rings is 1. The van der Waals surface area contributed by atoms with E-state index in [1.54, 1.807) is 0 Å². The topological polar surface area (TPSA) is 29.1 Å². The molecule has 1 N–H and O–H groups in total. The van der Waals surface area contributed by atoms with Crippen LogP contribution in [0.25, 0.3) is 0 Å². The van der Waals surface area contributed by atoms with Gasteiger partial charge in [0.15, 0.2) is 0 Å². The first-order chi connectivity index (χ1) is 8.58. The zero-order valence-corrected chi connectivity index (χ0v) is 10.4. The van der Waals surface area contributed by atoms with E-state index < -0.39 is 17.5 Å². The van der Waals surface area contributed by atoms with Gasteiger partial charge < -0.3 is 5.32 Å². The molecule has 1 aliphatic carbocycles. The molecule has 0 radical (unpaired) electrons. The van der Waals surface area contributed by atoms with Crippen LogP contribution in [0.15, 0.2) is 12.1 Å². The van der Waals surface area contributed by atoms with Crippen molar-refractivity contribution >= 4 is 5.91 Å². The van der Waals surface area contributed by atoms with Gasteiger partial charge in [-0.3, -0.25) is 4.79 Å². The molecule has 2 nitrogen and oxygen atoms in total. The fraction of sp³-hybridized carbons (Fsp3) is 0.500. The Balaban J connectivity index is 2.10. The summed E-state index contributed by atoms with van der Waals surface area (Å²) in [5, 5.41) is 2.82. The van der Waals surface area contributed by atoms with Gasteiger partial charge in [0.25, 0.3) is 5.91 Å². The fourth-order valence-electron chi connectivity index (χ4n) is 2.34. The Kier molecular flexibility index (Phi) is 3.94. The second kappa shape index (κ2) is 5.46. The summed E-state index contributed by atoms with van der Waals surface area (Å²) >= 11 is 0. The highest BCUT2D eigenvalue weighted by atomic mass is 19.1. The lowest BCUT2D eigenvalue weighted by Gasteiger charge is -2.22. The second-order valence-corrected chi connectivity index (χ2v) is 4.89. The molecule has 1 amide bonds. The molecule has 1 saturated carbocycles. The molecule has 4 heteroatoms. The van der Waals surface area contributed by atoms with Crippen molar-refractivity contribution in [3.05, 3.63) is 34.9 Å². The minimum atomic E-state index is -0.800. The van der Waals surface area contributed by atoms with Crippen LogP contribution in [0.2, 0.25) is 0 Å². The van der Waals surface area contributed by atoms with Gasteiger partial charge in [0.1, 0.15) is 11.6 Å². The molecule has 0 heterocycles. The quantitative estimate of drug-likeness (QED) is 0.860. The van der Waals surface area contributed by atoms with Crippen molar-refractivity contribution in [2.45, 2.75) is 45.1 Å². The van der Waals surface area contributed by atoms with Crippen molar-refractivity contribution < 1.29 is 13.6 Å². The normalized spacial score (nSPS) is 16.6. The van der Waals surface area contributed by atoms with Crippen LogP contribution in [-0.2, 0) is 0 Å². The molecule has 98 valence electrons. The smallest absolute Gasteiger partial charge is 0.254 e. The summed E-state index contributed by atoms with van der Waals surface area (Å²) in [5.41, 5.74) is 0.213. The van der Waals surface area contributed by atoms with E-state index in [1.807, 2.05) is 0 Å². The van der Waals surface area contributed by atoms with Gasteiger partial charge in [0.2, 0.25) is 0 Å². The molecule has 0 aromatic heterocycles. The predicted octanol–water partition coefficient (Wildman–Crippen LogP) is 3.34. The van der Waals surface area contributed by atoms with Crippen molar-refractivity contribution in [2.24, 2.45) is 0 Å². The molecule has 0 aliphatic heterocycles. The Morgan fingerprint density at radius 1 is 1.17 bits per heavy atom. The van der Waals surface area contributed by atoms with Gasteiger partial charge in [-0.2, -0.15) is 0 Å². The molecular formula is C14H17F2NO. The van der Waals surface area contributed by atoms with Gasteiger partial charge >= 0.3 is 0 Å². The van der Waals surface area contributed by atoms with Crippen LogP contribution >= 0.6 is 0 Å². The minimum absolute atomic E-state index is 0.0699. The van der Waals surface area contributed by atoms with Gasteiger partial charge in [-0.15, -0.1) is 0 Å². The lowest BCUT2D eigenvalue weighted by molar-refractivity contribution is 0.0923. The van der Waals surface area contributed by atoms with E-state index in [2.05, 4.69) is 5.32 Å². The average Bonchev–Trinajstić information content (AvgIpc) is 2.35. The van der Waals surface area contributed by atoms with Crippen molar-refractivity contribution in [1.29, 1.82) is 0 Å². The zero-order chi connectivity index (χ0) is 13.1. The van der Waals surface area contributed by atoms with Gasteiger partial charge in [-0.1, -0.05) is 19.3 Å². The number of hydrogen-bond donors (Lipinski definition) is 1. The van der Waals surface area contributed by atoms with E-state index in [0.717, 1.165) is 31.7 Å². The average molecular weight is 253 g/mol. The molecule has 1 fully saturated rings. The van der Waals surface area contributed by atoms with E-state index in [9.17, 15) is 13.6 Å². The number of rotatable bonds is 2. The summed E-state index contributed by atoms with van der Waals surface area (Å²) in [4.78, 5) is 11.9. The first-order valence-corrected chi connectivity index (χ1v) is 6.34. The third-order valence-electron chi connectivity index (χ3n) is 3.43. The van der Waals surface area contributed by atoms with E-state index in [1.165, 1.54) is 19.4 Å². The van der Waals surface area contributed by atoms with E-state index in [-0.39, 0.29) is 17.2 Å². The lowest BCUT2D eigenvalue weighted by Crippen LogP contribution is -2.36. The molecule has 2 rings (SSSR count). The number of hydrogen-bond acceptors (Lipinski definition) is 1. The standard InChI is InChI=1S/C14H17F2NO/c1-9-7-11(13(16)8-12(9)15)14(18)17-10-5-3-2-4-6-10/h7-8,10H,2-6H2,1H3,(H,17,18). The van der Waals surface area contributed by atoms with Crippen molar-refractivity contribution in [3.8, 4) is 0 Å². The fourth-order valence-corrected chi connectivity index (χ4v) is 2.34. The number of amides is 1. The van der Waals surface area contributed by atoms with E-state index in [4.69, 9.17) is 0 Å². The Morgan fingerprint density at radius 2 is 1.83 bits per heavy atom. The lowest BCUT2D eigenvalue weighted by atomic mass is 9.95. The summed E-state index contributed by atoms with van der Waals surface area (Å²) in [6.07, 6.45) is 5.25. The summed E-state index contributed by atoms with van der Waals surface area (Å²) in [6.45, 7) is 1.52. The molecule has 0 atom stereocenters. The summed E-state index contributed by atoms with van der Waals surface area (Å²) in [7, 11) is 0. The molecule has 18 heavy (non-hydrogen) atoms. The molecule has 0 bridgehead atoms. The summed E-state index contributed by atoms with van der Waals surface area (Å²) in [5.74, 6) is -1.87. The highest BCUT2D eigenvalue weighted by Gasteiger charge is 2.19. The third kappa shape index (κ3) is 2.86. The number of halogens is 2. The van der Waals surface area contributed by atoms with Crippen molar-refractivity contribution in [2.75, 3.05) is 0 Å². The SMILES string of the molecule is Cc1cc(C(=O)NC2CCCCC2)c(F)cc1F. The largest absolute Gasteiger partial charge is 0.349 e. The Morgan fingerprint density at radius 3 is 2.50 bits per heavy atom. The van der Waals surface area contributed by atoms with Crippen molar-refractivity contribution in [1.82, 2.24) is 5.32 Å². The first kappa shape index (κ1) is 13.0. The number of aryl methyl sites for hydroxylation is 1. The molecule has 1 aliphatic rings. The van der Waals surface area contributed by atoms with Crippen LogP contribution in [-0.4, -0.2) is 11.9 Å². The van der Waals surface area contributed by atoms with E-state index in [0.29, 0.717) is 0 Å². The Bertz CT molecular complexity index is 453. The number of nitrogens with one attached hydrogen (secondary N) is 1. The number of carbonyl (C=O) groups is 1. The molecule has 1 aromatic rings. The summed E-state index contributed by atoms with van der Waals surface area (Å²) in [6, 6.07) is 2.16. The number of carbonyl (C=O) groups excluding carboxylic acids is 1. The minimum Gasteiger partial charge on any atom is -0.349 e. The van der Waals surface area contributed by atoms with E-state index >= 15 is 0 Å². The van der Waals surface area contributed by atoms with Crippen LogP contribution in [0.5, 0.6) is 0 Å². The predicted molar refractivity (Wildman–Crippen MR) is 65.4 cm³/mol. The van der Waals surface area contributed by atoms with Crippen LogP contribution in [0.3, 0.4) is 0 Å². The molecular weight excluding hydrogens is 236 g/mol. The Hall–Kier alpha value is -1.45. The molecule has 0 spiro atoms. The van der Waals surface area contributed by atoms with Crippen LogP contribution in [0.4, 0.5) is 8.78 Å². The third-order valence-corrected chi connectivity index (χ3v) is 3.43. The monoisotopic (exact) mass is 253 g/mol. The van der Waals surface area contributed by atoms with Gasteiger partial charge in [0.05, 0.1) is 5.56 Å². The van der Waals surface area contributed by atoms with Crippen LogP contribution in [0, 0.1) is 18.6 Å².